The Bertz CT molecular complexity index is 819. The second kappa shape index (κ2) is 11.9. The van der Waals surface area contributed by atoms with Gasteiger partial charge in [0, 0.05) is 0 Å². The number of hydrogen-bond acceptors (Lipinski definition) is 6. The summed E-state index contributed by atoms with van der Waals surface area (Å²) in [6.07, 6.45) is 7.26. The van der Waals surface area contributed by atoms with Gasteiger partial charge in [0.15, 0.2) is 0 Å². The summed E-state index contributed by atoms with van der Waals surface area (Å²) in [5.74, 6) is -0.0259. The van der Waals surface area contributed by atoms with E-state index in [4.69, 9.17) is 19.9 Å². The quantitative estimate of drug-likeness (QED) is 0.403. The first-order valence-electron chi connectivity index (χ1n) is 10.7. The lowest BCUT2D eigenvalue weighted by molar-refractivity contribution is -0.139. The van der Waals surface area contributed by atoms with Crippen molar-refractivity contribution >= 4 is 5.97 Å². The molecular formula is C24H32N2O4. The number of nitrogens with two attached hydrogens (primary N) is 1. The Labute approximate surface area is 179 Å². The molecule has 162 valence electrons. The van der Waals surface area contributed by atoms with Gasteiger partial charge >= 0.3 is 5.97 Å². The van der Waals surface area contributed by atoms with Crippen LogP contribution in [-0.2, 0) is 14.3 Å². The lowest BCUT2D eigenvalue weighted by atomic mass is 9.83. The van der Waals surface area contributed by atoms with Gasteiger partial charge in [-0.05, 0) is 38.0 Å². The molecule has 0 fully saturated rings. The number of benzene rings is 1. The van der Waals surface area contributed by atoms with Gasteiger partial charge in [0.05, 0.1) is 24.7 Å². The molecule has 2 rings (SSSR count). The van der Waals surface area contributed by atoms with E-state index in [0.717, 1.165) is 17.7 Å². The summed E-state index contributed by atoms with van der Waals surface area (Å²) in [4.78, 5) is 12.5. The van der Waals surface area contributed by atoms with Gasteiger partial charge in [-0.25, -0.2) is 4.79 Å². The van der Waals surface area contributed by atoms with Crippen LogP contribution in [0.5, 0.6) is 5.75 Å². The molecule has 2 N–H and O–H groups in total. The lowest BCUT2D eigenvalue weighted by Gasteiger charge is -2.26. The van der Waals surface area contributed by atoms with Gasteiger partial charge in [0.25, 0.3) is 0 Å². The zero-order chi connectivity index (χ0) is 21.9. The maximum Gasteiger partial charge on any atom is 0.338 e. The summed E-state index contributed by atoms with van der Waals surface area (Å²) >= 11 is 0. The van der Waals surface area contributed by atoms with Gasteiger partial charge in [-0.1, -0.05) is 51.2 Å². The Morgan fingerprint density at radius 1 is 1.13 bits per heavy atom. The number of hydrogen-bond donors (Lipinski definition) is 1. The van der Waals surface area contributed by atoms with E-state index in [1.165, 1.54) is 32.1 Å². The fourth-order valence-corrected chi connectivity index (χ4v) is 3.52. The molecule has 1 aliphatic heterocycles. The molecule has 1 aliphatic rings. The molecule has 6 nitrogen and oxygen atoms in total. The predicted molar refractivity (Wildman–Crippen MR) is 115 cm³/mol. The zero-order valence-corrected chi connectivity index (χ0v) is 18.2. The number of nitrogens with zero attached hydrogens (tertiary/aromatic N) is 1. The monoisotopic (exact) mass is 412 g/mol. The molecule has 1 atom stereocenters. The normalized spacial score (nSPS) is 16.1. The molecule has 1 unspecified atom stereocenters. The van der Waals surface area contributed by atoms with Gasteiger partial charge in [-0.3, -0.25) is 0 Å². The van der Waals surface area contributed by atoms with Gasteiger partial charge in [0.1, 0.15) is 23.2 Å². The SMILES string of the molecule is CCCCCCCCOc1ccc(C2C(C#N)=C(N)OC(C)=C2C(=O)OCC)cc1. The zero-order valence-electron chi connectivity index (χ0n) is 18.2. The summed E-state index contributed by atoms with van der Waals surface area (Å²) in [7, 11) is 0. The second-order valence-corrected chi connectivity index (χ2v) is 7.30. The molecule has 30 heavy (non-hydrogen) atoms. The van der Waals surface area contributed by atoms with Crippen LogP contribution in [0.3, 0.4) is 0 Å². The molecule has 0 radical (unpaired) electrons. The molecule has 0 bridgehead atoms. The van der Waals surface area contributed by atoms with Crippen molar-refractivity contribution in [3.63, 3.8) is 0 Å². The number of rotatable bonds is 11. The van der Waals surface area contributed by atoms with E-state index in [9.17, 15) is 10.1 Å². The summed E-state index contributed by atoms with van der Waals surface area (Å²) in [5, 5.41) is 9.62. The molecule has 0 aromatic heterocycles. The molecule has 0 saturated carbocycles. The first-order valence-corrected chi connectivity index (χ1v) is 10.7. The number of carbonyl (C=O) groups is 1. The van der Waals surface area contributed by atoms with Crippen LogP contribution >= 0.6 is 0 Å². The van der Waals surface area contributed by atoms with Crippen LogP contribution in [0.4, 0.5) is 0 Å². The third kappa shape index (κ3) is 6.03. The van der Waals surface area contributed by atoms with E-state index in [2.05, 4.69) is 13.0 Å². The highest BCUT2D eigenvalue weighted by Crippen LogP contribution is 2.39. The first kappa shape index (κ1) is 23.3. The lowest BCUT2D eigenvalue weighted by Crippen LogP contribution is -2.25. The number of ether oxygens (including phenoxy) is 3. The minimum Gasteiger partial charge on any atom is -0.494 e. The van der Waals surface area contributed by atoms with Crippen molar-refractivity contribution in [3.8, 4) is 11.8 Å². The topological polar surface area (TPSA) is 94.6 Å². The van der Waals surface area contributed by atoms with Gasteiger partial charge in [0.2, 0.25) is 5.88 Å². The van der Waals surface area contributed by atoms with Gasteiger partial charge < -0.3 is 19.9 Å². The fourth-order valence-electron chi connectivity index (χ4n) is 3.52. The van der Waals surface area contributed by atoms with Crippen molar-refractivity contribution in [2.75, 3.05) is 13.2 Å². The van der Waals surface area contributed by atoms with Gasteiger partial charge in [-0.2, -0.15) is 5.26 Å². The Balaban J connectivity index is 2.10. The Morgan fingerprint density at radius 3 is 2.43 bits per heavy atom. The van der Waals surface area contributed by atoms with Crippen molar-refractivity contribution < 1.29 is 19.0 Å². The molecule has 1 aromatic carbocycles. The second-order valence-electron chi connectivity index (χ2n) is 7.30. The summed E-state index contributed by atoms with van der Waals surface area (Å²) in [6, 6.07) is 9.49. The molecule has 0 amide bonds. The molecule has 1 heterocycles. The maximum absolute atomic E-state index is 12.5. The number of unbranched alkanes of at least 4 members (excludes halogenated alkanes) is 5. The van der Waals surface area contributed by atoms with Crippen LogP contribution in [0, 0.1) is 11.3 Å². The highest BCUT2D eigenvalue weighted by Gasteiger charge is 2.36. The number of nitriles is 1. The minimum atomic E-state index is -0.629. The third-order valence-electron chi connectivity index (χ3n) is 5.08. The van der Waals surface area contributed by atoms with E-state index in [0.29, 0.717) is 17.9 Å². The smallest absolute Gasteiger partial charge is 0.338 e. The van der Waals surface area contributed by atoms with Crippen molar-refractivity contribution in [2.24, 2.45) is 5.73 Å². The van der Waals surface area contributed by atoms with E-state index in [1.807, 2.05) is 24.3 Å². The third-order valence-corrected chi connectivity index (χ3v) is 5.08. The molecule has 0 spiro atoms. The van der Waals surface area contributed by atoms with E-state index in [1.54, 1.807) is 13.8 Å². The highest BCUT2D eigenvalue weighted by atomic mass is 16.5. The van der Waals surface area contributed by atoms with Crippen molar-refractivity contribution in [3.05, 3.63) is 52.6 Å². The predicted octanol–water partition coefficient (Wildman–Crippen LogP) is 5.07. The average molecular weight is 413 g/mol. The van der Waals surface area contributed by atoms with Crippen LogP contribution in [-0.4, -0.2) is 19.2 Å². The maximum atomic E-state index is 12.5. The first-order chi connectivity index (χ1) is 14.5. The minimum absolute atomic E-state index is 0.0106. The molecule has 0 aliphatic carbocycles. The standard InChI is InChI=1S/C24H32N2O4/c1-4-6-7-8-9-10-15-29-19-13-11-18(12-14-19)22-20(16-25)23(26)30-17(3)21(22)24(27)28-5-2/h11-14,22H,4-10,15,26H2,1-3H3. The van der Waals surface area contributed by atoms with Crippen molar-refractivity contribution in [2.45, 2.75) is 65.2 Å². The summed E-state index contributed by atoms with van der Waals surface area (Å²) < 4.78 is 16.4. The number of carbonyl (C=O) groups excluding carboxylic acids is 1. The van der Waals surface area contributed by atoms with Crippen LogP contribution in [0.15, 0.2) is 47.1 Å². The Morgan fingerprint density at radius 2 is 1.80 bits per heavy atom. The average Bonchev–Trinajstić information content (AvgIpc) is 2.73. The van der Waals surface area contributed by atoms with Crippen molar-refractivity contribution in [1.29, 1.82) is 5.26 Å². The van der Waals surface area contributed by atoms with E-state index >= 15 is 0 Å². The van der Waals surface area contributed by atoms with Crippen LogP contribution in [0.1, 0.15) is 70.8 Å². The van der Waals surface area contributed by atoms with Crippen LogP contribution in [0.25, 0.3) is 0 Å². The number of allylic oxidation sites excluding steroid dienone is 2. The Hall–Kier alpha value is -2.94. The summed E-state index contributed by atoms with van der Waals surface area (Å²) in [5.41, 5.74) is 7.17. The fraction of sp³-hybridized carbons (Fsp3) is 0.500. The van der Waals surface area contributed by atoms with Crippen molar-refractivity contribution in [1.82, 2.24) is 0 Å². The molecule has 0 saturated heterocycles. The number of esters is 1. The van der Waals surface area contributed by atoms with E-state index in [-0.39, 0.29) is 18.1 Å². The largest absolute Gasteiger partial charge is 0.494 e. The summed E-state index contributed by atoms with van der Waals surface area (Å²) in [6.45, 7) is 6.50. The van der Waals surface area contributed by atoms with Crippen LogP contribution in [0.2, 0.25) is 0 Å². The molecule has 6 heteroatoms. The molecule has 1 aromatic rings. The van der Waals surface area contributed by atoms with E-state index < -0.39 is 11.9 Å². The molecular weight excluding hydrogens is 380 g/mol. The van der Waals surface area contributed by atoms with Crippen LogP contribution < -0.4 is 10.5 Å². The Kier molecular flexibility index (Phi) is 9.27. The highest BCUT2D eigenvalue weighted by molar-refractivity contribution is 5.92. The van der Waals surface area contributed by atoms with Gasteiger partial charge in [-0.15, -0.1) is 0 Å².